The first kappa shape index (κ1) is 9.81. The minimum Gasteiger partial charge on any atom is -0.508 e. The molecular weight excluding hydrogens is 164 g/mol. The molecule has 0 radical (unpaired) electrons. The first-order chi connectivity index (χ1) is 6.24. The van der Waals surface area contributed by atoms with Gasteiger partial charge in [0.25, 0.3) is 0 Å². The Kier molecular flexibility index (Phi) is 3.53. The first-order valence-electron chi connectivity index (χ1n) is 4.31. The number of benzene rings is 1. The van der Waals surface area contributed by atoms with Crippen LogP contribution >= 0.6 is 0 Å². The summed E-state index contributed by atoms with van der Waals surface area (Å²) < 4.78 is 0. The molecule has 1 rings (SSSR count). The maximum absolute atomic E-state index is 9.39. The molecule has 0 heterocycles. The smallest absolute Gasteiger partial charge is 0.118 e. The molecule has 0 aliphatic carbocycles. The van der Waals surface area contributed by atoms with E-state index in [0.717, 1.165) is 5.56 Å². The van der Waals surface area contributed by atoms with Gasteiger partial charge in [0.1, 0.15) is 5.75 Å². The molecule has 2 heteroatoms. The summed E-state index contributed by atoms with van der Waals surface area (Å²) in [6.45, 7) is 3.48. The van der Waals surface area contributed by atoms with Crippen molar-refractivity contribution in [1.82, 2.24) is 0 Å². The van der Waals surface area contributed by atoms with Crippen LogP contribution in [0.15, 0.2) is 36.9 Å². The van der Waals surface area contributed by atoms with Crippen LogP contribution in [-0.4, -0.2) is 16.3 Å². The maximum Gasteiger partial charge on any atom is 0.118 e. The van der Waals surface area contributed by atoms with Gasteiger partial charge in [-0.25, -0.2) is 0 Å². The molecule has 0 saturated carbocycles. The van der Waals surface area contributed by atoms with Gasteiger partial charge in [-0.3, -0.25) is 0 Å². The molecule has 13 heavy (non-hydrogen) atoms. The molecule has 2 N–H and O–H groups in total. The zero-order valence-electron chi connectivity index (χ0n) is 7.48. The van der Waals surface area contributed by atoms with Crippen LogP contribution in [0.1, 0.15) is 12.0 Å². The summed E-state index contributed by atoms with van der Waals surface area (Å²) >= 11 is 0. The minimum absolute atomic E-state index is 0.291. The third-order valence-corrected chi connectivity index (χ3v) is 1.97. The molecule has 1 unspecified atom stereocenters. The van der Waals surface area contributed by atoms with E-state index in [1.165, 1.54) is 6.08 Å². The fourth-order valence-electron chi connectivity index (χ4n) is 1.14. The minimum atomic E-state index is -0.486. The third-order valence-electron chi connectivity index (χ3n) is 1.97. The molecule has 1 aromatic carbocycles. The van der Waals surface area contributed by atoms with Crippen molar-refractivity contribution < 1.29 is 10.2 Å². The Hall–Kier alpha value is -1.28. The fraction of sp³-hybridized carbons (Fsp3) is 0.273. The van der Waals surface area contributed by atoms with Crippen molar-refractivity contribution in [2.45, 2.75) is 18.9 Å². The van der Waals surface area contributed by atoms with Crippen LogP contribution in [0.2, 0.25) is 0 Å². The Morgan fingerprint density at radius 3 is 2.69 bits per heavy atom. The van der Waals surface area contributed by atoms with Crippen molar-refractivity contribution in [1.29, 1.82) is 0 Å². The van der Waals surface area contributed by atoms with Gasteiger partial charge in [-0.2, -0.15) is 0 Å². The van der Waals surface area contributed by atoms with Crippen LogP contribution in [0.3, 0.4) is 0 Å². The van der Waals surface area contributed by atoms with E-state index < -0.39 is 6.10 Å². The summed E-state index contributed by atoms with van der Waals surface area (Å²) in [5.74, 6) is 0.291. The van der Waals surface area contributed by atoms with Gasteiger partial charge in [0.2, 0.25) is 0 Å². The molecule has 0 saturated heterocycles. The highest BCUT2D eigenvalue weighted by Gasteiger charge is 2.02. The van der Waals surface area contributed by atoms with Gasteiger partial charge in [0.05, 0.1) is 6.10 Å². The zero-order chi connectivity index (χ0) is 9.68. The number of rotatable bonds is 4. The molecule has 2 nitrogen and oxygen atoms in total. The quantitative estimate of drug-likeness (QED) is 0.691. The van der Waals surface area contributed by atoms with Crippen molar-refractivity contribution in [2.75, 3.05) is 0 Å². The molecule has 0 amide bonds. The van der Waals surface area contributed by atoms with Gasteiger partial charge in [-0.15, -0.1) is 6.58 Å². The standard InChI is InChI=1S/C11H14O2/c1-2-10(12)8-7-9-5-3-4-6-11(9)13/h2-6,10,12-13H,1,7-8H2. The van der Waals surface area contributed by atoms with E-state index in [1.807, 2.05) is 12.1 Å². The highest BCUT2D eigenvalue weighted by molar-refractivity contribution is 5.31. The molecule has 1 atom stereocenters. The fourth-order valence-corrected chi connectivity index (χ4v) is 1.14. The Morgan fingerprint density at radius 2 is 2.08 bits per heavy atom. The van der Waals surface area contributed by atoms with Crippen LogP contribution in [0.25, 0.3) is 0 Å². The lowest BCUT2D eigenvalue weighted by Crippen LogP contribution is -2.03. The van der Waals surface area contributed by atoms with Crippen molar-refractivity contribution in [2.24, 2.45) is 0 Å². The van der Waals surface area contributed by atoms with Crippen LogP contribution in [0.4, 0.5) is 0 Å². The van der Waals surface area contributed by atoms with E-state index in [4.69, 9.17) is 0 Å². The lowest BCUT2D eigenvalue weighted by atomic mass is 10.1. The third kappa shape index (κ3) is 2.92. The Balaban J connectivity index is 2.54. The molecule has 0 bridgehead atoms. The molecular formula is C11H14O2. The molecule has 0 aliphatic rings. The van der Waals surface area contributed by atoms with Gasteiger partial charge in [-0.1, -0.05) is 24.3 Å². The topological polar surface area (TPSA) is 40.5 Å². The summed E-state index contributed by atoms with van der Waals surface area (Å²) in [5.41, 5.74) is 0.864. The maximum atomic E-state index is 9.39. The molecule has 0 aromatic heterocycles. The summed E-state index contributed by atoms with van der Waals surface area (Å²) in [6, 6.07) is 7.15. The Labute approximate surface area is 78.2 Å². The van der Waals surface area contributed by atoms with E-state index in [9.17, 15) is 10.2 Å². The number of phenols is 1. The average molecular weight is 178 g/mol. The van der Waals surface area contributed by atoms with E-state index in [2.05, 4.69) is 6.58 Å². The van der Waals surface area contributed by atoms with Crippen LogP contribution in [-0.2, 0) is 6.42 Å². The highest BCUT2D eigenvalue weighted by atomic mass is 16.3. The number of phenolic OH excluding ortho intramolecular Hbond substituents is 1. The van der Waals surface area contributed by atoms with Crippen molar-refractivity contribution in [3.63, 3.8) is 0 Å². The predicted octanol–water partition coefficient (Wildman–Crippen LogP) is 1.87. The summed E-state index contributed by atoms with van der Waals surface area (Å²) in [7, 11) is 0. The lowest BCUT2D eigenvalue weighted by Gasteiger charge is -2.06. The number of aromatic hydroxyl groups is 1. The number of hydrogen-bond acceptors (Lipinski definition) is 2. The zero-order valence-corrected chi connectivity index (χ0v) is 7.48. The summed E-state index contributed by atoms with van der Waals surface area (Å²) in [5, 5.41) is 18.6. The second-order valence-electron chi connectivity index (χ2n) is 2.97. The van der Waals surface area contributed by atoms with Gasteiger partial charge in [-0.05, 0) is 24.5 Å². The number of para-hydroxylation sites is 1. The van der Waals surface area contributed by atoms with Crippen LogP contribution < -0.4 is 0 Å². The largest absolute Gasteiger partial charge is 0.508 e. The second kappa shape index (κ2) is 4.67. The van der Waals surface area contributed by atoms with E-state index >= 15 is 0 Å². The lowest BCUT2D eigenvalue weighted by molar-refractivity contribution is 0.213. The van der Waals surface area contributed by atoms with Crippen molar-refractivity contribution in [3.8, 4) is 5.75 Å². The summed E-state index contributed by atoms with van der Waals surface area (Å²) in [4.78, 5) is 0. The first-order valence-corrected chi connectivity index (χ1v) is 4.31. The SMILES string of the molecule is C=CC(O)CCc1ccccc1O. The molecule has 0 fully saturated rings. The number of aliphatic hydroxyl groups excluding tert-OH is 1. The summed E-state index contributed by atoms with van der Waals surface area (Å²) in [6.07, 6.45) is 2.28. The van der Waals surface area contributed by atoms with Gasteiger partial charge in [0.15, 0.2) is 0 Å². The van der Waals surface area contributed by atoms with Gasteiger partial charge >= 0.3 is 0 Å². The molecule has 0 spiro atoms. The molecule has 0 aliphatic heterocycles. The van der Waals surface area contributed by atoms with E-state index in [-0.39, 0.29) is 0 Å². The normalized spacial score (nSPS) is 12.4. The average Bonchev–Trinajstić information content (AvgIpc) is 2.16. The van der Waals surface area contributed by atoms with E-state index in [1.54, 1.807) is 12.1 Å². The second-order valence-corrected chi connectivity index (χ2v) is 2.97. The van der Waals surface area contributed by atoms with Gasteiger partial charge < -0.3 is 10.2 Å². The predicted molar refractivity (Wildman–Crippen MR) is 52.6 cm³/mol. The van der Waals surface area contributed by atoms with Gasteiger partial charge in [0, 0.05) is 0 Å². The monoisotopic (exact) mass is 178 g/mol. The highest BCUT2D eigenvalue weighted by Crippen LogP contribution is 2.17. The molecule has 1 aromatic rings. The van der Waals surface area contributed by atoms with Crippen LogP contribution in [0.5, 0.6) is 5.75 Å². The Bertz CT molecular complexity index is 281. The van der Waals surface area contributed by atoms with Crippen molar-refractivity contribution >= 4 is 0 Å². The van der Waals surface area contributed by atoms with Crippen molar-refractivity contribution in [3.05, 3.63) is 42.5 Å². The number of aliphatic hydroxyl groups is 1. The number of hydrogen-bond donors (Lipinski definition) is 2. The molecule has 70 valence electrons. The van der Waals surface area contributed by atoms with Crippen LogP contribution in [0, 0.1) is 0 Å². The Morgan fingerprint density at radius 1 is 1.38 bits per heavy atom. The number of aryl methyl sites for hydroxylation is 1. The van der Waals surface area contributed by atoms with E-state index in [0.29, 0.717) is 18.6 Å².